The zero-order valence-electron chi connectivity index (χ0n) is 14.9. The fourth-order valence-electron chi connectivity index (χ4n) is 3.64. The fourth-order valence-corrected chi connectivity index (χ4v) is 5.60. The number of halogens is 7. The van der Waals surface area contributed by atoms with Gasteiger partial charge in [0.05, 0.1) is 20.6 Å². The van der Waals surface area contributed by atoms with Crippen LogP contribution in [0.5, 0.6) is 0 Å². The van der Waals surface area contributed by atoms with Gasteiger partial charge in [-0.2, -0.15) is 0 Å². The monoisotopic (exact) mass is 514 g/mol. The molecule has 3 rings (SSSR count). The third-order valence-corrected chi connectivity index (χ3v) is 7.06. The van der Waals surface area contributed by atoms with Gasteiger partial charge in [0.1, 0.15) is 22.2 Å². The summed E-state index contributed by atoms with van der Waals surface area (Å²) in [5.41, 5.74) is 4.16. The maximum absolute atomic E-state index is 13.6. The standard InChI is InChI=1S/C19H13Cl5F2N2O2/c20-10-3-2-9(14(22)13(10)16(29)28-6-5-25)18(17(27)30)15(19(18,23)24)8-1-4-12(26)11(21)7-8/h1-4,7,15H,5-6H2,(H2,27,30)(H,28,29). The molecule has 2 atom stereocenters. The Morgan fingerprint density at radius 2 is 1.77 bits per heavy atom. The molecule has 160 valence electrons. The number of benzene rings is 2. The predicted molar refractivity (Wildman–Crippen MR) is 114 cm³/mol. The normalized spacial score (nSPS) is 21.9. The lowest BCUT2D eigenvalue weighted by Crippen LogP contribution is -2.35. The molecule has 1 aliphatic carbocycles. The van der Waals surface area contributed by atoms with E-state index in [4.69, 9.17) is 63.7 Å². The van der Waals surface area contributed by atoms with Crippen molar-refractivity contribution in [3.05, 3.63) is 67.9 Å². The molecule has 3 N–H and O–H groups in total. The summed E-state index contributed by atoms with van der Waals surface area (Å²) < 4.78 is 24.3. The van der Waals surface area contributed by atoms with Crippen LogP contribution in [-0.2, 0) is 10.2 Å². The molecule has 0 saturated heterocycles. The van der Waals surface area contributed by atoms with E-state index in [0.717, 1.165) is 6.07 Å². The van der Waals surface area contributed by atoms with Gasteiger partial charge in [0.2, 0.25) is 5.91 Å². The van der Waals surface area contributed by atoms with E-state index in [2.05, 4.69) is 5.32 Å². The molecule has 1 aliphatic rings. The molecule has 4 nitrogen and oxygen atoms in total. The van der Waals surface area contributed by atoms with Gasteiger partial charge in [-0.05, 0) is 29.3 Å². The second kappa shape index (κ2) is 8.32. The van der Waals surface area contributed by atoms with Crippen molar-refractivity contribution in [1.82, 2.24) is 5.32 Å². The number of alkyl halides is 3. The molecule has 0 heterocycles. The minimum absolute atomic E-state index is 0.0310. The van der Waals surface area contributed by atoms with Crippen molar-refractivity contribution in [1.29, 1.82) is 0 Å². The second-order valence-corrected chi connectivity index (χ2v) is 9.21. The largest absolute Gasteiger partial charge is 0.369 e. The summed E-state index contributed by atoms with van der Waals surface area (Å²) in [5, 5.41) is 1.87. The summed E-state index contributed by atoms with van der Waals surface area (Å²) in [6, 6.07) is 6.46. The quantitative estimate of drug-likeness (QED) is 0.520. The Morgan fingerprint density at radius 3 is 2.33 bits per heavy atom. The highest BCUT2D eigenvalue weighted by Gasteiger charge is 2.81. The van der Waals surface area contributed by atoms with Crippen molar-refractivity contribution in [2.24, 2.45) is 5.73 Å². The van der Waals surface area contributed by atoms with Crippen molar-refractivity contribution in [3.8, 4) is 0 Å². The number of carbonyl (C=O) groups excluding carboxylic acids is 2. The first-order valence-electron chi connectivity index (χ1n) is 8.47. The van der Waals surface area contributed by atoms with Crippen LogP contribution in [0.2, 0.25) is 15.1 Å². The van der Waals surface area contributed by atoms with Crippen molar-refractivity contribution in [2.75, 3.05) is 13.2 Å². The highest BCUT2D eigenvalue weighted by Crippen LogP contribution is 2.75. The van der Waals surface area contributed by atoms with Gasteiger partial charge in [0.25, 0.3) is 5.91 Å². The molecule has 0 radical (unpaired) electrons. The van der Waals surface area contributed by atoms with E-state index in [9.17, 15) is 18.4 Å². The van der Waals surface area contributed by atoms with Crippen molar-refractivity contribution < 1.29 is 18.4 Å². The highest BCUT2D eigenvalue weighted by atomic mass is 35.5. The summed E-state index contributed by atoms with van der Waals surface area (Å²) in [6.45, 7) is -1.06. The van der Waals surface area contributed by atoms with Gasteiger partial charge >= 0.3 is 0 Å². The zero-order valence-corrected chi connectivity index (χ0v) is 18.7. The van der Waals surface area contributed by atoms with Crippen LogP contribution in [0.4, 0.5) is 8.78 Å². The van der Waals surface area contributed by atoms with Crippen LogP contribution in [0.1, 0.15) is 27.4 Å². The number of hydrogen-bond donors (Lipinski definition) is 2. The summed E-state index contributed by atoms with van der Waals surface area (Å²) in [6.07, 6.45) is 0. The molecule has 1 fully saturated rings. The van der Waals surface area contributed by atoms with E-state index in [1.165, 1.54) is 24.3 Å². The number of nitrogens with two attached hydrogens (primary N) is 1. The van der Waals surface area contributed by atoms with Gasteiger partial charge in [0.15, 0.2) is 0 Å². The van der Waals surface area contributed by atoms with Crippen LogP contribution in [-0.4, -0.2) is 29.4 Å². The molecule has 2 amide bonds. The zero-order chi connectivity index (χ0) is 22.4. The Morgan fingerprint density at radius 1 is 1.10 bits per heavy atom. The van der Waals surface area contributed by atoms with Gasteiger partial charge in [-0.1, -0.05) is 70.1 Å². The molecular weight excluding hydrogens is 503 g/mol. The van der Waals surface area contributed by atoms with Crippen molar-refractivity contribution in [2.45, 2.75) is 15.7 Å². The van der Waals surface area contributed by atoms with E-state index in [0.29, 0.717) is 5.56 Å². The average molecular weight is 517 g/mol. The molecule has 0 bridgehead atoms. The van der Waals surface area contributed by atoms with Gasteiger partial charge < -0.3 is 11.1 Å². The van der Waals surface area contributed by atoms with E-state index in [1.807, 2.05) is 0 Å². The highest BCUT2D eigenvalue weighted by molar-refractivity contribution is 6.56. The molecular formula is C19H13Cl5F2N2O2. The predicted octanol–water partition coefficient (Wildman–Crippen LogP) is 5.18. The van der Waals surface area contributed by atoms with Crippen LogP contribution < -0.4 is 11.1 Å². The van der Waals surface area contributed by atoms with E-state index < -0.39 is 40.0 Å². The summed E-state index contributed by atoms with van der Waals surface area (Å²) in [5.74, 6) is -3.28. The van der Waals surface area contributed by atoms with E-state index in [1.54, 1.807) is 0 Å². The number of amides is 2. The molecule has 2 aromatic rings. The molecule has 11 heteroatoms. The van der Waals surface area contributed by atoms with Gasteiger partial charge in [0, 0.05) is 12.5 Å². The Bertz CT molecular complexity index is 1050. The Labute approximate surface area is 195 Å². The number of primary amides is 1. The lowest BCUT2D eigenvalue weighted by molar-refractivity contribution is -0.120. The number of carbonyl (C=O) groups is 2. The minimum atomic E-state index is -1.77. The second-order valence-electron chi connectivity index (χ2n) is 6.63. The first kappa shape index (κ1) is 23.4. The topological polar surface area (TPSA) is 72.2 Å². The lowest BCUT2D eigenvalue weighted by Gasteiger charge is -2.19. The number of hydrogen-bond acceptors (Lipinski definition) is 2. The maximum Gasteiger partial charge on any atom is 0.254 e. The lowest BCUT2D eigenvalue weighted by atomic mass is 9.88. The number of rotatable bonds is 6. The third-order valence-electron chi connectivity index (χ3n) is 5.03. The average Bonchev–Trinajstić information content (AvgIpc) is 3.19. The minimum Gasteiger partial charge on any atom is -0.369 e. The molecule has 30 heavy (non-hydrogen) atoms. The number of nitrogens with one attached hydrogen (secondary N) is 1. The molecule has 2 unspecified atom stereocenters. The summed E-state index contributed by atoms with van der Waals surface area (Å²) >= 11 is 31.4. The van der Waals surface area contributed by atoms with Crippen LogP contribution in [0.25, 0.3) is 0 Å². The molecule has 0 aliphatic heterocycles. The Hall–Kier alpha value is -1.31. The van der Waals surface area contributed by atoms with Crippen LogP contribution >= 0.6 is 58.0 Å². The first-order valence-corrected chi connectivity index (χ1v) is 10.4. The van der Waals surface area contributed by atoms with Crippen LogP contribution in [0.3, 0.4) is 0 Å². The summed E-state index contributed by atoms with van der Waals surface area (Å²) in [7, 11) is 0. The van der Waals surface area contributed by atoms with Crippen LogP contribution in [0, 0.1) is 5.82 Å². The van der Waals surface area contributed by atoms with Gasteiger partial charge in [-0.25, -0.2) is 8.78 Å². The van der Waals surface area contributed by atoms with Gasteiger partial charge in [-0.15, -0.1) is 0 Å². The molecule has 2 aromatic carbocycles. The van der Waals surface area contributed by atoms with E-state index in [-0.39, 0.29) is 32.7 Å². The van der Waals surface area contributed by atoms with E-state index >= 15 is 0 Å². The maximum atomic E-state index is 13.6. The first-order chi connectivity index (χ1) is 14.0. The fraction of sp³-hybridized carbons (Fsp3) is 0.263. The molecule has 0 spiro atoms. The smallest absolute Gasteiger partial charge is 0.254 e. The van der Waals surface area contributed by atoms with Crippen molar-refractivity contribution in [3.63, 3.8) is 0 Å². The molecule has 1 saturated carbocycles. The van der Waals surface area contributed by atoms with Gasteiger partial charge in [-0.3, -0.25) is 9.59 Å². The summed E-state index contributed by atoms with van der Waals surface area (Å²) in [4.78, 5) is 25.1. The van der Waals surface area contributed by atoms with Crippen molar-refractivity contribution >= 4 is 69.8 Å². The van der Waals surface area contributed by atoms with Crippen LogP contribution in [0.15, 0.2) is 30.3 Å². The SMILES string of the molecule is NC(=O)C1(c2ccc(Cl)c(C(=O)NCCF)c2Cl)C(c2ccc(F)c(Cl)c2)C1(Cl)Cl. The Kier molecular flexibility index (Phi) is 6.48. The molecule has 0 aromatic heterocycles. The Balaban J connectivity index is 2.19. The third kappa shape index (κ3) is 3.43.